The lowest BCUT2D eigenvalue weighted by molar-refractivity contribution is -0.0384. The van der Waals surface area contributed by atoms with Crippen LogP contribution >= 0.6 is 0 Å². The number of ether oxygens (including phenoxy) is 2. The van der Waals surface area contributed by atoms with Crippen LogP contribution in [0.3, 0.4) is 0 Å². The summed E-state index contributed by atoms with van der Waals surface area (Å²) in [6.07, 6.45) is 14.8. The third kappa shape index (κ3) is 4.15. The summed E-state index contributed by atoms with van der Waals surface area (Å²) >= 11 is 0. The zero-order chi connectivity index (χ0) is 16.6. The number of hydrogen-bond acceptors (Lipinski definition) is 4. The molecule has 0 radical (unpaired) electrons. The number of hydrogen-bond donors (Lipinski definition) is 0. The van der Waals surface area contributed by atoms with Crippen molar-refractivity contribution >= 4 is 0 Å². The van der Waals surface area contributed by atoms with Crippen molar-refractivity contribution in [1.29, 1.82) is 0 Å². The fourth-order valence-corrected chi connectivity index (χ4v) is 2.80. The molecule has 0 amide bonds. The highest BCUT2D eigenvalue weighted by atomic mass is 16.5. The van der Waals surface area contributed by atoms with Crippen molar-refractivity contribution in [2.45, 2.75) is 44.8 Å². The molecule has 1 unspecified atom stereocenters. The van der Waals surface area contributed by atoms with E-state index in [-0.39, 0.29) is 6.23 Å². The van der Waals surface area contributed by atoms with E-state index in [2.05, 4.69) is 16.0 Å². The monoisotopic (exact) mass is 325 g/mol. The van der Waals surface area contributed by atoms with Gasteiger partial charge in [0.2, 0.25) is 0 Å². The Balaban J connectivity index is 1.62. The van der Waals surface area contributed by atoms with E-state index in [4.69, 9.17) is 15.9 Å². The summed E-state index contributed by atoms with van der Waals surface area (Å²) < 4.78 is 13.5. The topological polar surface area (TPSA) is 49.2 Å². The Hall–Kier alpha value is -2.32. The maximum Gasteiger partial charge on any atom is 0.150 e. The van der Waals surface area contributed by atoms with Gasteiger partial charge in [-0.3, -0.25) is 4.98 Å². The Morgan fingerprint density at radius 2 is 2.25 bits per heavy atom. The van der Waals surface area contributed by atoms with Crippen LogP contribution in [-0.2, 0) is 4.74 Å². The van der Waals surface area contributed by atoms with Crippen LogP contribution in [0.2, 0.25) is 0 Å². The molecule has 3 heterocycles. The van der Waals surface area contributed by atoms with Crippen LogP contribution in [0.5, 0.6) is 5.75 Å². The molecular weight excluding hydrogens is 302 g/mol. The van der Waals surface area contributed by atoms with Crippen molar-refractivity contribution in [1.82, 2.24) is 14.8 Å². The minimum atomic E-state index is 0.0117. The van der Waals surface area contributed by atoms with Crippen molar-refractivity contribution in [3.8, 4) is 29.5 Å². The van der Waals surface area contributed by atoms with Crippen LogP contribution in [0.15, 0.2) is 30.6 Å². The van der Waals surface area contributed by atoms with Gasteiger partial charge in [-0.05, 0) is 50.3 Å². The Kier molecular flexibility index (Phi) is 5.86. The molecule has 0 N–H and O–H groups in total. The summed E-state index contributed by atoms with van der Waals surface area (Å²) in [6, 6.07) is 5.89. The summed E-state index contributed by atoms with van der Waals surface area (Å²) in [7, 11) is 0. The van der Waals surface area contributed by atoms with Gasteiger partial charge in [0.1, 0.15) is 5.75 Å². The number of unbranched alkanes of at least 4 members (excludes halogenated alkanes) is 2. The highest BCUT2D eigenvalue weighted by Crippen LogP contribution is 2.27. The zero-order valence-electron chi connectivity index (χ0n) is 13.9. The van der Waals surface area contributed by atoms with Gasteiger partial charge in [0.25, 0.3) is 0 Å². The van der Waals surface area contributed by atoms with Gasteiger partial charge in [0, 0.05) is 19.2 Å². The predicted molar refractivity (Wildman–Crippen MR) is 92.5 cm³/mol. The Morgan fingerprint density at radius 1 is 1.29 bits per heavy atom. The van der Waals surface area contributed by atoms with E-state index in [9.17, 15) is 0 Å². The summed E-state index contributed by atoms with van der Waals surface area (Å²) in [5, 5.41) is 4.42. The fraction of sp³-hybridized carbons (Fsp3) is 0.474. The van der Waals surface area contributed by atoms with Crippen molar-refractivity contribution in [3.05, 3.63) is 30.6 Å². The van der Waals surface area contributed by atoms with Gasteiger partial charge < -0.3 is 9.47 Å². The fourth-order valence-electron chi connectivity index (χ4n) is 2.80. The summed E-state index contributed by atoms with van der Waals surface area (Å²) in [6.45, 7) is 1.46. The molecule has 1 atom stereocenters. The molecule has 3 rings (SSSR count). The van der Waals surface area contributed by atoms with Crippen LogP contribution in [-0.4, -0.2) is 28.0 Å². The molecule has 5 nitrogen and oxygen atoms in total. The van der Waals surface area contributed by atoms with E-state index < -0.39 is 0 Å². The lowest BCUT2D eigenvalue weighted by Gasteiger charge is -2.24. The molecule has 1 saturated heterocycles. The first-order valence-corrected chi connectivity index (χ1v) is 8.56. The average molecular weight is 325 g/mol. The zero-order valence-corrected chi connectivity index (χ0v) is 13.9. The molecule has 126 valence electrons. The van der Waals surface area contributed by atoms with Gasteiger partial charge in [0.05, 0.1) is 24.2 Å². The van der Waals surface area contributed by atoms with E-state index >= 15 is 0 Å². The first-order chi connectivity index (χ1) is 11.9. The quantitative estimate of drug-likeness (QED) is 0.573. The maximum atomic E-state index is 5.83. The molecule has 1 aliphatic heterocycles. The normalized spacial score (nSPS) is 17.4. The second-order valence-corrected chi connectivity index (χ2v) is 5.87. The van der Waals surface area contributed by atoms with Crippen LogP contribution in [0.1, 0.15) is 44.8 Å². The van der Waals surface area contributed by atoms with E-state index in [0.29, 0.717) is 6.61 Å². The van der Waals surface area contributed by atoms with Crippen LogP contribution < -0.4 is 4.74 Å². The molecule has 2 aromatic rings. The molecule has 5 heteroatoms. The van der Waals surface area contributed by atoms with Gasteiger partial charge >= 0.3 is 0 Å². The molecular formula is C19H23N3O2. The van der Waals surface area contributed by atoms with Gasteiger partial charge in [-0.15, -0.1) is 12.3 Å². The number of pyridine rings is 1. The van der Waals surface area contributed by atoms with Crippen molar-refractivity contribution in [3.63, 3.8) is 0 Å². The van der Waals surface area contributed by atoms with Crippen molar-refractivity contribution in [2.75, 3.05) is 13.2 Å². The number of nitrogens with zero attached hydrogens (tertiary/aromatic N) is 3. The summed E-state index contributed by atoms with van der Waals surface area (Å²) in [5.74, 6) is 3.41. The van der Waals surface area contributed by atoms with Gasteiger partial charge in [-0.1, -0.05) is 0 Å². The van der Waals surface area contributed by atoms with Crippen LogP contribution in [0, 0.1) is 12.3 Å². The Bertz CT molecular complexity index is 667. The van der Waals surface area contributed by atoms with E-state index in [0.717, 1.165) is 55.8 Å². The standard InChI is InChI=1S/C19H23N3O2/c1-2-3-4-6-13-23-16-9-10-17(20-15-16)18-11-12-21-22(18)19-8-5-7-14-24-19/h1,9-12,15,19H,3-8,13-14H2. The third-order valence-electron chi connectivity index (χ3n) is 4.08. The maximum absolute atomic E-state index is 5.83. The molecule has 0 aliphatic carbocycles. The van der Waals surface area contributed by atoms with Gasteiger partial charge in [-0.2, -0.15) is 5.10 Å². The second-order valence-electron chi connectivity index (χ2n) is 5.87. The molecule has 0 saturated carbocycles. The van der Waals surface area contributed by atoms with E-state index in [1.165, 1.54) is 6.42 Å². The minimum absolute atomic E-state index is 0.0117. The highest BCUT2D eigenvalue weighted by molar-refractivity contribution is 5.54. The summed E-state index contributed by atoms with van der Waals surface area (Å²) in [5.41, 5.74) is 1.85. The number of rotatable bonds is 7. The first kappa shape index (κ1) is 16.5. The van der Waals surface area contributed by atoms with Gasteiger partial charge in [0.15, 0.2) is 6.23 Å². The molecule has 0 spiro atoms. The highest BCUT2D eigenvalue weighted by Gasteiger charge is 2.19. The molecule has 1 fully saturated rings. The van der Waals surface area contributed by atoms with Crippen LogP contribution in [0.25, 0.3) is 11.4 Å². The average Bonchev–Trinajstić information content (AvgIpc) is 3.13. The molecule has 24 heavy (non-hydrogen) atoms. The lowest BCUT2D eigenvalue weighted by Crippen LogP contribution is -2.20. The van der Waals surface area contributed by atoms with Crippen molar-refractivity contribution in [2.24, 2.45) is 0 Å². The molecule has 2 aromatic heterocycles. The molecule has 0 aromatic carbocycles. The Labute approximate surface area is 143 Å². The minimum Gasteiger partial charge on any atom is -0.492 e. The van der Waals surface area contributed by atoms with Crippen molar-refractivity contribution < 1.29 is 9.47 Å². The largest absolute Gasteiger partial charge is 0.492 e. The summed E-state index contributed by atoms with van der Waals surface area (Å²) in [4.78, 5) is 4.52. The molecule has 1 aliphatic rings. The third-order valence-corrected chi connectivity index (χ3v) is 4.08. The van der Waals surface area contributed by atoms with E-state index in [1.807, 2.05) is 22.9 Å². The van der Waals surface area contributed by atoms with E-state index in [1.54, 1.807) is 12.4 Å². The number of terminal acetylenes is 1. The van der Waals surface area contributed by atoms with Crippen LogP contribution in [0.4, 0.5) is 0 Å². The lowest BCUT2D eigenvalue weighted by atomic mass is 10.2. The first-order valence-electron chi connectivity index (χ1n) is 8.56. The smallest absolute Gasteiger partial charge is 0.150 e. The number of aromatic nitrogens is 3. The van der Waals surface area contributed by atoms with Gasteiger partial charge in [-0.25, -0.2) is 4.68 Å². The Morgan fingerprint density at radius 3 is 3.00 bits per heavy atom. The molecule has 0 bridgehead atoms. The predicted octanol–water partition coefficient (Wildman–Crippen LogP) is 3.83. The second kappa shape index (κ2) is 8.51. The SMILES string of the molecule is C#CCCCCOc1ccc(-c2ccnn2C2CCCCO2)nc1.